The molecule has 0 saturated carbocycles. The molecule has 0 unspecified atom stereocenters. The number of nitrogens with zero attached hydrogens (tertiary/aromatic N) is 1. The SMILES string of the molecule is O=[N+]([O-])c1ccc(O)c(CNCc2ccc(Cl)cc2)c1. The Bertz CT molecular complexity index is 614. The lowest BCUT2D eigenvalue weighted by Crippen LogP contribution is -2.12. The molecule has 0 fully saturated rings. The zero-order valence-electron chi connectivity index (χ0n) is 10.5. The van der Waals surface area contributed by atoms with Gasteiger partial charge < -0.3 is 10.4 Å². The van der Waals surface area contributed by atoms with E-state index in [2.05, 4.69) is 5.32 Å². The first kappa shape index (κ1) is 14.3. The van der Waals surface area contributed by atoms with E-state index >= 15 is 0 Å². The lowest BCUT2D eigenvalue weighted by molar-refractivity contribution is -0.384. The number of phenolic OH excluding ortho intramolecular Hbond substituents is 1. The van der Waals surface area contributed by atoms with Gasteiger partial charge in [-0.3, -0.25) is 10.1 Å². The van der Waals surface area contributed by atoms with Crippen molar-refractivity contribution < 1.29 is 10.0 Å². The van der Waals surface area contributed by atoms with Crippen LogP contribution in [0.25, 0.3) is 0 Å². The smallest absolute Gasteiger partial charge is 0.270 e. The van der Waals surface area contributed by atoms with Crippen LogP contribution in [0.15, 0.2) is 42.5 Å². The maximum absolute atomic E-state index is 10.7. The van der Waals surface area contributed by atoms with Crippen molar-refractivity contribution in [3.63, 3.8) is 0 Å². The minimum Gasteiger partial charge on any atom is -0.508 e. The predicted molar refractivity (Wildman–Crippen MR) is 76.8 cm³/mol. The number of non-ortho nitro benzene ring substituents is 1. The molecule has 0 amide bonds. The molecule has 0 aliphatic heterocycles. The van der Waals surface area contributed by atoms with Crippen molar-refractivity contribution in [3.8, 4) is 5.75 Å². The van der Waals surface area contributed by atoms with Crippen molar-refractivity contribution in [3.05, 3.63) is 68.7 Å². The van der Waals surface area contributed by atoms with Crippen molar-refractivity contribution >= 4 is 17.3 Å². The minimum atomic E-state index is -0.484. The quantitative estimate of drug-likeness (QED) is 0.655. The van der Waals surface area contributed by atoms with Crippen LogP contribution in [0.1, 0.15) is 11.1 Å². The third-order valence-corrected chi connectivity index (χ3v) is 3.08. The van der Waals surface area contributed by atoms with Crippen molar-refractivity contribution in [1.29, 1.82) is 0 Å². The maximum atomic E-state index is 10.7. The monoisotopic (exact) mass is 292 g/mol. The highest BCUT2D eigenvalue weighted by atomic mass is 35.5. The fraction of sp³-hybridized carbons (Fsp3) is 0.143. The third kappa shape index (κ3) is 3.69. The summed E-state index contributed by atoms with van der Waals surface area (Å²) < 4.78 is 0. The number of phenols is 1. The number of hydrogen-bond donors (Lipinski definition) is 2. The predicted octanol–water partition coefficient (Wildman–Crippen LogP) is 3.24. The number of hydrogen-bond acceptors (Lipinski definition) is 4. The molecule has 2 aromatic carbocycles. The largest absolute Gasteiger partial charge is 0.508 e. The number of nitro groups is 1. The molecule has 104 valence electrons. The molecule has 0 bridgehead atoms. The van der Waals surface area contributed by atoms with Crippen molar-refractivity contribution in [1.82, 2.24) is 5.32 Å². The number of rotatable bonds is 5. The number of aromatic hydroxyl groups is 1. The van der Waals surface area contributed by atoms with E-state index in [9.17, 15) is 15.2 Å². The molecule has 0 heterocycles. The van der Waals surface area contributed by atoms with Crippen molar-refractivity contribution in [2.75, 3.05) is 0 Å². The van der Waals surface area contributed by atoms with E-state index < -0.39 is 4.92 Å². The molecular formula is C14H13ClN2O3. The molecule has 20 heavy (non-hydrogen) atoms. The molecule has 5 nitrogen and oxygen atoms in total. The average Bonchev–Trinajstić information content (AvgIpc) is 2.43. The van der Waals surface area contributed by atoms with Gasteiger partial charge in [-0.1, -0.05) is 23.7 Å². The minimum absolute atomic E-state index is 0.0360. The third-order valence-electron chi connectivity index (χ3n) is 2.83. The number of halogens is 1. The molecule has 0 spiro atoms. The van der Waals surface area contributed by atoms with Crippen LogP contribution in [0.4, 0.5) is 5.69 Å². The van der Waals surface area contributed by atoms with Crippen molar-refractivity contribution in [2.45, 2.75) is 13.1 Å². The molecule has 2 N–H and O–H groups in total. The lowest BCUT2D eigenvalue weighted by Gasteiger charge is -2.07. The van der Waals surface area contributed by atoms with Crippen LogP contribution in [0.3, 0.4) is 0 Å². The second-order valence-electron chi connectivity index (χ2n) is 4.30. The van der Waals surface area contributed by atoms with Gasteiger partial charge in [-0.05, 0) is 23.8 Å². The first-order valence-electron chi connectivity index (χ1n) is 5.97. The summed E-state index contributed by atoms with van der Waals surface area (Å²) in [4.78, 5) is 10.2. The Hall–Kier alpha value is -2.11. The molecule has 0 aliphatic rings. The lowest BCUT2D eigenvalue weighted by atomic mass is 10.1. The van der Waals surface area contributed by atoms with Gasteiger partial charge in [0, 0.05) is 35.8 Å². The Morgan fingerprint density at radius 2 is 1.85 bits per heavy atom. The van der Waals surface area contributed by atoms with Gasteiger partial charge in [-0.15, -0.1) is 0 Å². The van der Waals surface area contributed by atoms with Crippen LogP contribution in [-0.4, -0.2) is 10.0 Å². The molecule has 2 aromatic rings. The second-order valence-corrected chi connectivity index (χ2v) is 4.74. The van der Waals surface area contributed by atoms with Gasteiger partial charge in [0.15, 0.2) is 0 Å². The number of nitrogens with one attached hydrogen (secondary N) is 1. The molecule has 0 aromatic heterocycles. The van der Waals surface area contributed by atoms with Gasteiger partial charge in [0.25, 0.3) is 5.69 Å². The van der Waals surface area contributed by atoms with Gasteiger partial charge in [0.1, 0.15) is 5.75 Å². The summed E-state index contributed by atoms with van der Waals surface area (Å²) >= 11 is 5.79. The summed E-state index contributed by atoms with van der Waals surface area (Å²) in [5, 5.41) is 24.1. The van der Waals surface area contributed by atoms with Crippen molar-refractivity contribution in [2.24, 2.45) is 0 Å². The normalized spacial score (nSPS) is 10.4. The van der Waals surface area contributed by atoms with Gasteiger partial charge in [-0.2, -0.15) is 0 Å². The zero-order valence-corrected chi connectivity index (χ0v) is 11.3. The van der Waals surface area contributed by atoms with E-state index in [-0.39, 0.29) is 11.4 Å². The summed E-state index contributed by atoms with van der Waals surface area (Å²) in [5.74, 6) is 0.0409. The van der Waals surface area contributed by atoms with Crippen LogP contribution in [0, 0.1) is 10.1 Å². The highest BCUT2D eigenvalue weighted by Crippen LogP contribution is 2.22. The van der Waals surface area contributed by atoms with E-state index in [4.69, 9.17) is 11.6 Å². The van der Waals surface area contributed by atoms with Crippen LogP contribution in [-0.2, 0) is 13.1 Å². The molecule has 0 radical (unpaired) electrons. The Morgan fingerprint density at radius 1 is 1.15 bits per heavy atom. The van der Waals surface area contributed by atoms with Gasteiger partial charge in [0.2, 0.25) is 0 Å². The number of nitro benzene ring substituents is 1. The van der Waals surface area contributed by atoms with E-state index in [1.54, 1.807) is 12.1 Å². The average molecular weight is 293 g/mol. The highest BCUT2D eigenvalue weighted by molar-refractivity contribution is 6.30. The highest BCUT2D eigenvalue weighted by Gasteiger charge is 2.09. The summed E-state index contributed by atoms with van der Waals surface area (Å²) in [5.41, 5.74) is 1.50. The van der Waals surface area contributed by atoms with Crippen LogP contribution in [0.5, 0.6) is 5.75 Å². The fourth-order valence-corrected chi connectivity index (χ4v) is 1.90. The Labute approximate surface area is 121 Å². The molecule has 0 aliphatic carbocycles. The zero-order chi connectivity index (χ0) is 14.5. The first-order chi connectivity index (χ1) is 9.56. The first-order valence-corrected chi connectivity index (χ1v) is 6.35. The summed E-state index contributed by atoms with van der Waals surface area (Å²) in [6.07, 6.45) is 0. The van der Waals surface area contributed by atoms with E-state index in [0.717, 1.165) is 5.56 Å². The Morgan fingerprint density at radius 3 is 2.50 bits per heavy atom. The summed E-state index contributed by atoms with van der Waals surface area (Å²) in [6.45, 7) is 0.926. The summed E-state index contributed by atoms with van der Waals surface area (Å²) in [7, 11) is 0. The van der Waals surface area contributed by atoms with Crippen LogP contribution in [0.2, 0.25) is 5.02 Å². The van der Waals surface area contributed by atoms with Gasteiger partial charge in [-0.25, -0.2) is 0 Å². The Kier molecular flexibility index (Phi) is 4.55. The molecular weight excluding hydrogens is 280 g/mol. The Balaban J connectivity index is 1.98. The molecule has 0 saturated heterocycles. The van der Waals surface area contributed by atoms with E-state index in [1.165, 1.54) is 18.2 Å². The molecule has 0 atom stereocenters. The molecule has 6 heteroatoms. The second kappa shape index (κ2) is 6.36. The van der Waals surface area contributed by atoms with Gasteiger partial charge >= 0.3 is 0 Å². The number of benzene rings is 2. The maximum Gasteiger partial charge on any atom is 0.270 e. The summed E-state index contributed by atoms with van der Waals surface area (Å²) in [6, 6.07) is 11.3. The van der Waals surface area contributed by atoms with Gasteiger partial charge in [0.05, 0.1) is 4.92 Å². The van der Waals surface area contributed by atoms with E-state index in [1.807, 2.05) is 12.1 Å². The topological polar surface area (TPSA) is 75.4 Å². The van der Waals surface area contributed by atoms with Crippen LogP contribution >= 0.6 is 11.6 Å². The fourth-order valence-electron chi connectivity index (χ4n) is 1.77. The van der Waals surface area contributed by atoms with E-state index in [0.29, 0.717) is 23.7 Å². The molecule has 2 rings (SSSR count). The van der Waals surface area contributed by atoms with Crippen LogP contribution < -0.4 is 5.32 Å². The standard InChI is InChI=1S/C14H13ClN2O3/c15-12-3-1-10(2-4-12)8-16-9-11-7-13(17(19)20)5-6-14(11)18/h1-7,16,18H,8-9H2.